The molecule has 0 saturated heterocycles. The number of rotatable bonds is 3. The summed E-state index contributed by atoms with van der Waals surface area (Å²) >= 11 is 3.17. The topological polar surface area (TPSA) is 47.8 Å². The van der Waals surface area contributed by atoms with Crippen LogP contribution in [0.15, 0.2) is 46.8 Å². The van der Waals surface area contributed by atoms with E-state index in [2.05, 4.69) is 22.1 Å². The molecule has 1 aromatic carbocycles. The third-order valence-electron chi connectivity index (χ3n) is 3.95. The monoisotopic (exact) mass is 353 g/mol. The van der Waals surface area contributed by atoms with Crippen LogP contribution in [0.2, 0.25) is 0 Å². The molecule has 0 fully saturated rings. The molecule has 24 heavy (non-hydrogen) atoms. The van der Waals surface area contributed by atoms with Gasteiger partial charge in [-0.15, -0.1) is 22.7 Å². The molecule has 120 valence electrons. The van der Waals surface area contributed by atoms with Crippen molar-refractivity contribution >= 4 is 32.9 Å². The van der Waals surface area contributed by atoms with Crippen LogP contribution in [0.25, 0.3) is 20.7 Å². The summed E-state index contributed by atoms with van der Waals surface area (Å²) < 4.78 is 1.64. The predicted molar refractivity (Wildman–Crippen MR) is 100 cm³/mol. The molecule has 6 heteroatoms. The molecule has 0 N–H and O–H groups in total. The summed E-state index contributed by atoms with van der Waals surface area (Å²) in [4.78, 5) is 23.8. The Morgan fingerprint density at radius 3 is 2.67 bits per heavy atom. The van der Waals surface area contributed by atoms with Crippen LogP contribution < -0.4 is 5.56 Å². The average molecular weight is 353 g/mol. The number of hydrogen-bond acceptors (Lipinski definition) is 5. The number of benzene rings is 1. The van der Waals surface area contributed by atoms with Gasteiger partial charge < -0.3 is 0 Å². The van der Waals surface area contributed by atoms with E-state index < -0.39 is 0 Å². The molecule has 0 saturated carbocycles. The van der Waals surface area contributed by atoms with Crippen molar-refractivity contribution in [1.82, 2.24) is 14.5 Å². The Morgan fingerprint density at radius 2 is 1.96 bits per heavy atom. The molecule has 0 amide bonds. The molecular weight excluding hydrogens is 338 g/mol. The van der Waals surface area contributed by atoms with Gasteiger partial charge in [-0.05, 0) is 25.0 Å². The third kappa shape index (κ3) is 2.57. The van der Waals surface area contributed by atoms with Crippen molar-refractivity contribution in [3.8, 4) is 10.4 Å². The lowest BCUT2D eigenvalue weighted by Crippen LogP contribution is -2.21. The van der Waals surface area contributed by atoms with Gasteiger partial charge >= 0.3 is 0 Å². The normalized spacial score (nSPS) is 11.2. The minimum absolute atomic E-state index is 0.00147. The number of fused-ring (bicyclic) bond motifs is 1. The van der Waals surface area contributed by atoms with E-state index in [4.69, 9.17) is 0 Å². The predicted octanol–water partition coefficient (Wildman–Crippen LogP) is 4.25. The lowest BCUT2D eigenvalue weighted by Gasteiger charge is -2.03. The maximum atomic E-state index is 12.9. The van der Waals surface area contributed by atoms with Gasteiger partial charge in [0.05, 0.1) is 29.0 Å². The van der Waals surface area contributed by atoms with Gasteiger partial charge in [0.15, 0.2) is 0 Å². The molecule has 0 bridgehead atoms. The highest BCUT2D eigenvalue weighted by atomic mass is 32.1. The zero-order valence-electron chi connectivity index (χ0n) is 13.3. The van der Waals surface area contributed by atoms with Crippen molar-refractivity contribution in [2.24, 2.45) is 0 Å². The van der Waals surface area contributed by atoms with Crippen LogP contribution in [0.5, 0.6) is 0 Å². The second-order valence-corrected chi connectivity index (χ2v) is 7.70. The van der Waals surface area contributed by atoms with Gasteiger partial charge in [-0.25, -0.2) is 9.97 Å². The van der Waals surface area contributed by atoms with E-state index in [1.54, 1.807) is 33.6 Å². The number of aromatic nitrogens is 3. The SMILES string of the molecule is Cc1nc(Cn2cnc3sc(-c4ccccc4)c(C)c3c2=O)cs1. The summed E-state index contributed by atoms with van der Waals surface area (Å²) in [5.41, 5.74) is 3.03. The second kappa shape index (κ2) is 5.96. The molecule has 0 aliphatic carbocycles. The first-order valence-electron chi connectivity index (χ1n) is 7.58. The second-order valence-electron chi connectivity index (χ2n) is 5.64. The van der Waals surface area contributed by atoms with Gasteiger partial charge in [-0.3, -0.25) is 9.36 Å². The van der Waals surface area contributed by atoms with E-state index in [1.807, 2.05) is 37.4 Å². The van der Waals surface area contributed by atoms with Gasteiger partial charge in [-0.2, -0.15) is 0 Å². The van der Waals surface area contributed by atoms with E-state index in [0.29, 0.717) is 11.9 Å². The molecule has 0 radical (unpaired) electrons. The lowest BCUT2D eigenvalue weighted by molar-refractivity contribution is 0.733. The molecule has 4 aromatic rings. The molecule has 3 aromatic heterocycles. The van der Waals surface area contributed by atoms with Crippen LogP contribution >= 0.6 is 22.7 Å². The van der Waals surface area contributed by atoms with Crippen LogP contribution in [-0.2, 0) is 6.54 Å². The Balaban J connectivity index is 1.84. The molecule has 0 unspecified atom stereocenters. The minimum atomic E-state index is 0.00147. The van der Waals surface area contributed by atoms with Gasteiger partial charge in [0, 0.05) is 10.3 Å². The average Bonchev–Trinajstić information content (AvgIpc) is 3.15. The van der Waals surface area contributed by atoms with E-state index in [-0.39, 0.29) is 5.56 Å². The van der Waals surface area contributed by atoms with Crippen LogP contribution in [0.4, 0.5) is 0 Å². The summed E-state index contributed by atoms with van der Waals surface area (Å²) in [7, 11) is 0. The molecule has 0 aliphatic rings. The molecule has 0 spiro atoms. The molecule has 0 aliphatic heterocycles. The van der Waals surface area contributed by atoms with Gasteiger partial charge in [0.1, 0.15) is 4.83 Å². The van der Waals surface area contributed by atoms with Crippen molar-refractivity contribution in [3.63, 3.8) is 0 Å². The maximum Gasteiger partial charge on any atom is 0.262 e. The first-order valence-corrected chi connectivity index (χ1v) is 9.28. The van der Waals surface area contributed by atoms with Crippen molar-refractivity contribution in [1.29, 1.82) is 0 Å². The van der Waals surface area contributed by atoms with Crippen molar-refractivity contribution in [3.05, 3.63) is 68.7 Å². The molecular formula is C18H15N3OS2. The summed E-state index contributed by atoms with van der Waals surface area (Å²) in [5.74, 6) is 0. The number of thiophene rings is 1. The fraction of sp³-hybridized carbons (Fsp3) is 0.167. The fourth-order valence-electron chi connectivity index (χ4n) is 2.79. The number of nitrogens with zero attached hydrogens (tertiary/aromatic N) is 3. The Morgan fingerprint density at radius 1 is 1.17 bits per heavy atom. The quantitative estimate of drug-likeness (QED) is 0.553. The Kier molecular flexibility index (Phi) is 3.78. The van der Waals surface area contributed by atoms with Crippen molar-refractivity contribution in [2.45, 2.75) is 20.4 Å². The third-order valence-corrected chi connectivity index (χ3v) is 6.02. The summed E-state index contributed by atoms with van der Waals surface area (Å²) in [6.45, 7) is 4.43. The Bertz CT molecular complexity index is 1080. The Hall–Kier alpha value is -2.31. The highest BCUT2D eigenvalue weighted by Crippen LogP contribution is 2.35. The van der Waals surface area contributed by atoms with Gasteiger partial charge in [-0.1, -0.05) is 30.3 Å². The number of thiazole rings is 1. The zero-order chi connectivity index (χ0) is 16.7. The highest BCUT2D eigenvalue weighted by molar-refractivity contribution is 7.22. The lowest BCUT2D eigenvalue weighted by atomic mass is 10.1. The van der Waals surface area contributed by atoms with E-state index >= 15 is 0 Å². The molecule has 3 heterocycles. The first kappa shape index (κ1) is 15.2. The molecule has 0 atom stereocenters. The zero-order valence-corrected chi connectivity index (χ0v) is 14.9. The van der Waals surface area contributed by atoms with E-state index in [1.165, 1.54) is 0 Å². The summed E-state index contributed by atoms with van der Waals surface area (Å²) in [6, 6.07) is 10.1. The number of hydrogen-bond donors (Lipinski definition) is 0. The van der Waals surface area contributed by atoms with Crippen LogP contribution in [0.3, 0.4) is 0 Å². The van der Waals surface area contributed by atoms with Gasteiger partial charge in [0.2, 0.25) is 0 Å². The van der Waals surface area contributed by atoms with E-state index in [9.17, 15) is 4.79 Å². The van der Waals surface area contributed by atoms with Crippen LogP contribution in [-0.4, -0.2) is 14.5 Å². The van der Waals surface area contributed by atoms with E-state index in [0.717, 1.165) is 31.5 Å². The van der Waals surface area contributed by atoms with Crippen molar-refractivity contribution < 1.29 is 0 Å². The minimum Gasteiger partial charge on any atom is -0.293 e. The smallest absolute Gasteiger partial charge is 0.262 e. The van der Waals surface area contributed by atoms with Gasteiger partial charge in [0.25, 0.3) is 5.56 Å². The first-order chi connectivity index (χ1) is 11.6. The fourth-order valence-corrected chi connectivity index (χ4v) is 4.54. The largest absolute Gasteiger partial charge is 0.293 e. The Labute approximate surface area is 147 Å². The highest BCUT2D eigenvalue weighted by Gasteiger charge is 2.16. The van der Waals surface area contributed by atoms with Crippen molar-refractivity contribution in [2.75, 3.05) is 0 Å². The maximum absolute atomic E-state index is 12.9. The van der Waals surface area contributed by atoms with Crippen LogP contribution in [0.1, 0.15) is 16.3 Å². The summed E-state index contributed by atoms with van der Waals surface area (Å²) in [5, 5.41) is 3.71. The van der Waals surface area contributed by atoms with Crippen LogP contribution in [0, 0.1) is 13.8 Å². The number of aryl methyl sites for hydroxylation is 2. The molecule has 4 rings (SSSR count). The standard InChI is InChI=1S/C18H15N3OS2/c1-11-15-17(24-16(11)13-6-4-3-5-7-13)19-10-21(18(15)22)8-14-9-23-12(2)20-14/h3-7,9-10H,8H2,1-2H3. The summed E-state index contributed by atoms with van der Waals surface area (Å²) in [6.07, 6.45) is 1.63. The molecule has 4 nitrogen and oxygen atoms in total.